The van der Waals surface area contributed by atoms with Crippen molar-refractivity contribution in [3.63, 3.8) is 0 Å². The molecule has 33 heavy (non-hydrogen) atoms. The molecule has 168 valence electrons. The fraction of sp³-hybridized carbons (Fsp3) is 0.130. The quantitative estimate of drug-likeness (QED) is 0.198. The first-order chi connectivity index (χ1) is 16.0. The van der Waals surface area contributed by atoms with E-state index in [0.717, 1.165) is 4.47 Å². The molecule has 0 saturated carbocycles. The number of thiophene rings is 1. The second-order valence-corrected chi connectivity index (χ2v) is 9.56. The number of carbonyl (C=O) groups excluding carboxylic acids is 2. The lowest BCUT2D eigenvalue weighted by atomic mass is 10.2. The third kappa shape index (κ3) is 5.35. The fourth-order valence-corrected chi connectivity index (χ4v) is 4.87. The van der Waals surface area contributed by atoms with E-state index >= 15 is 0 Å². The van der Waals surface area contributed by atoms with Gasteiger partial charge >= 0.3 is 5.97 Å². The van der Waals surface area contributed by atoms with Gasteiger partial charge in [0.05, 0.1) is 29.1 Å². The fourth-order valence-electron chi connectivity index (χ4n) is 3.04. The smallest absolute Gasteiger partial charge is 0.338 e. The number of hydrogen-bond acceptors (Lipinski definition) is 7. The average Bonchev–Trinajstić information content (AvgIpc) is 3.28. The second kappa shape index (κ2) is 10.3. The summed E-state index contributed by atoms with van der Waals surface area (Å²) < 4.78 is 7.94. The molecule has 0 aliphatic heterocycles. The summed E-state index contributed by atoms with van der Waals surface area (Å²) in [6.07, 6.45) is 0. The SMILES string of the molecule is CCOC(=O)c1ccc(NC(=O)CSc2nc3ccsc3c(=O)n2-c2ccc(Br)cc2)cc1. The Bertz CT molecular complexity index is 1370. The van der Waals surface area contributed by atoms with Crippen molar-refractivity contribution in [1.82, 2.24) is 9.55 Å². The molecule has 2 aromatic carbocycles. The van der Waals surface area contributed by atoms with Crippen molar-refractivity contribution in [2.45, 2.75) is 12.1 Å². The molecular weight excluding hydrogens is 526 g/mol. The standard InChI is InChI=1S/C23H18BrN3O4S2/c1-2-31-22(30)14-3-7-16(8-4-14)25-19(28)13-33-23-26-18-11-12-32-20(18)21(29)27(23)17-9-5-15(24)6-10-17/h3-12H,2,13H2,1H3,(H,25,28). The summed E-state index contributed by atoms with van der Waals surface area (Å²) in [6.45, 7) is 2.04. The summed E-state index contributed by atoms with van der Waals surface area (Å²) in [7, 11) is 0. The Balaban J connectivity index is 1.52. The number of carbonyl (C=O) groups is 2. The normalized spacial score (nSPS) is 10.8. The van der Waals surface area contributed by atoms with E-state index < -0.39 is 5.97 Å². The van der Waals surface area contributed by atoms with Crippen molar-refractivity contribution in [2.75, 3.05) is 17.7 Å². The van der Waals surface area contributed by atoms with Crippen molar-refractivity contribution < 1.29 is 14.3 Å². The van der Waals surface area contributed by atoms with Crippen molar-refractivity contribution in [2.24, 2.45) is 0 Å². The number of aromatic nitrogens is 2. The summed E-state index contributed by atoms with van der Waals surface area (Å²) >= 11 is 5.92. The van der Waals surface area contributed by atoms with Crippen LogP contribution in [0.3, 0.4) is 0 Å². The van der Waals surface area contributed by atoms with Crippen LogP contribution in [0, 0.1) is 0 Å². The third-order valence-electron chi connectivity index (χ3n) is 4.55. The Morgan fingerprint density at radius 1 is 1.12 bits per heavy atom. The number of hydrogen-bond donors (Lipinski definition) is 1. The minimum atomic E-state index is -0.410. The van der Waals surface area contributed by atoms with Crippen molar-refractivity contribution in [3.05, 3.63) is 80.4 Å². The Hall–Kier alpha value is -2.95. The highest BCUT2D eigenvalue weighted by Gasteiger charge is 2.16. The lowest BCUT2D eigenvalue weighted by molar-refractivity contribution is -0.113. The topological polar surface area (TPSA) is 90.3 Å². The number of thioether (sulfide) groups is 1. The molecule has 0 unspecified atom stereocenters. The highest BCUT2D eigenvalue weighted by atomic mass is 79.9. The van der Waals surface area contributed by atoms with E-state index in [4.69, 9.17) is 4.74 Å². The van der Waals surface area contributed by atoms with Gasteiger partial charge in [-0.05, 0) is 66.9 Å². The van der Waals surface area contributed by atoms with E-state index in [1.165, 1.54) is 27.7 Å². The van der Waals surface area contributed by atoms with E-state index in [2.05, 4.69) is 26.2 Å². The molecule has 0 radical (unpaired) electrons. The minimum absolute atomic E-state index is 0.0538. The lowest BCUT2D eigenvalue weighted by Crippen LogP contribution is -2.22. The van der Waals surface area contributed by atoms with Crippen LogP contribution in [-0.4, -0.2) is 33.8 Å². The van der Waals surface area contributed by atoms with Crippen LogP contribution in [0.4, 0.5) is 5.69 Å². The molecule has 1 amide bonds. The number of amides is 1. The molecule has 4 aromatic rings. The molecule has 0 atom stereocenters. The third-order valence-corrected chi connectivity index (χ3v) is 6.91. The predicted octanol–water partition coefficient (Wildman–Crippen LogP) is 5.12. The van der Waals surface area contributed by atoms with Crippen LogP contribution >= 0.6 is 39.0 Å². The first-order valence-corrected chi connectivity index (χ1v) is 12.6. The van der Waals surface area contributed by atoms with Crippen LogP contribution in [0.2, 0.25) is 0 Å². The maximum atomic E-state index is 13.1. The molecule has 0 spiro atoms. The van der Waals surface area contributed by atoms with Gasteiger partial charge in [-0.2, -0.15) is 0 Å². The second-order valence-electron chi connectivity index (χ2n) is 6.78. The first kappa shape index (κ1) is 23.2. The molecule has 0 bridgehead atoms. The van der Waals surface area contributed by atoms with Gasteiger partial charge in [-0.1, -0.05) is 27.7 Å². The van der Waals surface area contributed by atoms with Gasteiger partial charge in [-0.25, -0.2) is 9.78 Å². The summed E-state index contributed by atoms with van der Waals surface area (Å²) in [4.78, 5) is 42.1. The van der Waals surface area contributed by atoms with Crippen LogP contribution in [0.5, 0.6) is 0 Å². The summed E-state index contributed by atoms with van der Waals surface area (Å²) in [5.41, 5.74) is 2.07. The number of nitrogens with zero attached hydrogens (tertiary/aromatic N) is 2. The number of benzene rings is 2. The van der Waals surface area contributed by atoms with Crippen molar-refractivity contribution >= 4 is 66.8 Å². The van der Waals surface area contributed by atoms with E-state index in [1.807, 2.05) is 29.6 Å². The van der Waals surface area contributed by atoms with E-state index in [9.17, 15) is 14.4 Å². The van der Waals surface area contributed by atoms with E-state index in [1.54, 1.807) is 37.3 Å². The minimum Gasteiger partial charge on any atom is -0.462 e. The van der Waals surface area contributed by atoms with Crippen LogP contribution in [-0.2, 0) is 9.53 Å². The number of ether oxygens (including phenoxy) is 1. The Labute approximate surface area is 205 Å². The molecular formula is C23H18BrN3O4S2. The molecule has 2 heterocycles. The molecule has 0 fully saturated rings. The van der Waals surface area contributed by atoms with Crippen LogP contribution in [0.15, 0.2) is 74.4 Å². The number of fused-ring (bicyclic) bond motifs is 1. The highest BCUT2D eigenvalue weighted by Crippen LogP contribution is 2.24. The van der Waals surface area contributed by atoms with E-state index in [0.29, 0.717) is 38.9 Å². The van der Waals surface area contributed by atoms with Gasteiger partial charge in [-0.15, -0.1) is 11.3 Å². The predicted molar refractivity (Wildman–Crippen MR) is 135 cm³/mol. The Kier molecular flexibility index (Phi) is 7.26. The number of rotatable bonds is 7. The van der Waals surface area contributed by atoms with Crippen LogP contribution < -0.4 is 10.9 Å². The maximum absolute atomic E-state index is 13.1. The number of nitrogens with one attached hydrogen (secondary N) is 1. The Morgan fingerprint density at radius 2 is 1.85 bits per heavy atom. The zero-order valence-electron chi connectivity index (χ0n) is 17.4. The summed E-state index contributed by atoms with van der Waals surface area (Å²) in [6, 6.07) is 15.6. The van der Waals surface area contributed by atoms with Crippen LogP contribution in [0.25, 0.3) is 15.9 Å². The van der Waals surface area contributed by atoms with Crippen molar-refractivity contribution in [1.29, 1.82) is 0 Å². The van der Waals surface area contributed by atoms with Gasteiger partial charge in [0, 0.05) is 10.2 Å². The van der Waals surface area contributed by atoms with Crippen LogP contribution in [0.1, 0.15) is 17.3 Å². The zero-order valence-corrected chi connectivity index (χ0v) is 20.6. The average molecular weight is 544 g/mol. The highest BCUT2D eigenvalue weighted by molar-refractivity contribution is 9.10. The number of anilines is 1. The van der Waals surface area contributed by atoms with Gasteiger partial charge < -0.3 is 10.1 Å². The molecule has 1 N–H and O–H groups in total. The maximum Gasteiger partial charge on any atom is 0.338 e. The van der Waals surface area contributed by atoms with Gasteiger partial charge in [0.2, 0.25) is 5.91 Å². The lowest BCUT2D eigenvalue weighted by Gasteiger charge is -2.12. The molecule has 0 aliphatic carbocycles. The molecule has 0 aliphatic rings. The summed E-state index contributed by atoms with van der Waals surface area (Å²) in [5, 5.41) is 5.05. The molecule has 2 aromatic heterocycles. The number of esters is 1. The van der Waals surface area contributed by atoms with E-state index in [-0.39, 0.29) is 17.2 Å². The van der Waals surface area contributed by atoms with Crippen molar-refractivity contribution in [3.8, 4) is 5.69 Å². The molecule has 7 nitrogen and oxygen atoms in total. The monoisotopic (exact) mass is 543 g/mol. The number of halogens is 1. The zero-order chi connectivity index (χ0) is 23.4. The van der Waals surface area contributed by atoms with Gasteiger partial charge in [0.15, 0.2) is 5.16 Å². The molecule has 10 heteroatoms. The molecule has 0 saturated heterocycles. The van der Waals surface area contributed by atoms with Gasteiger partial charge in [0.25, 0.3) is 5.56 Å². The van der Waals surface area contributed by atoms with Gasteiger partial charge in [-0.3, -0.25) is 14.2 Å². The Morgan fingerprint density at radius 3 is 2.55 bits per heavy atom. The first-order valence-electron chi connectivity index (χ1n) is 9.92. The largest absolute Gasteiger partial charge is 0.462 e. The van der Waals surface area contributed by atoms with Gasteiger partial charge in [0.1, 0.15) is 4.70 Å². The summed E-state index contributed by atoms with van der Waals surface area (Å²) in [5.74, 6) is -0.615. The molecule has 4 rings (SSSR count).